The molecule has 0 aliphatic heterocycles. The van der Waals surface area contributed by atoms with Gasteiger partial charge in [-0.1, -0.05) is 43.8 Å². The Morgan fingerprint density at radius 3 is 2.37 bits per heavy atom. The number of aliphatic hydroxyl groups excluding tert-OH is 1. The van der Waals surface area contributed by atoms with Gasteiger partial charge >= 0.3 is 0 Å². The SMILES string of the molecule is COc1ccc(/C(C#C[Si](C)(C)C)=C/CCO)cc1. The van der Waals surface area contributed by atoms with E-state index in [2.05, 4.69) is 31.1 Å². The van der Waals surface area contributed by atoms with E-state index in [0.717, 1.165) is 16.9 Å². The highest BCUT2D eigenvalue weighted by molar-refractivity contribution is 6.84. The van der Waals surface area contributed by atoms with Crippen LogP contribution in [0.25, 0.3) is 5.57 Å². The van der Waals surface area contributed by atoms with Gasteiger partial charge in [0, 0.05) is 12.2 Å². The standard InChI is InChI=1S/C16H22O2Si/c1-18-16-9-7-15(8-10-16)14(6-5-12-17)11-13-19(2,3)4/h6-10,17H,5,12H2,1-4H3/b14-6+. The zero-order valence-electron chi connectivity index (χ0n) is 12.2. The van der Waals surface area contributed by atoms with Crippen molar-refractivity contribution in [1.29, 1.82) is 0 Å². The van der Waals surface area contributed by atoms with Crippen LogP contribution in [0.4, 0.5) is 0 Å². The van der Waals surface area contributed by atoms with Crippen LogP contribution in [0.1, 0.15) is 12.0 Å². The molecule has 0 heterocycles. The van der Waals surface area contributed by atoms with Crippen LogP contribution >= 0.6 is 0 Å². The van der Waals surface area contributed by atoms with Gasteiger partial charge in [-0.2, -0.15) is 0 Å². The summed E-state index contributed by atoms with van der Waals surface area (Å²) in [5.74, 6) is 4.11. The second-order valence-electron chi connectivity index (χ2n) is 5.36. The molecule has 0 bridgehead atoms. The van der Waals surface area contributed by atoms with Crippen molar-refractivity contribution in [3.63, 3.8) is 0 Å². The predicted octanol–water partition coefficient (Wildman–Crippen LogP) is 3.34. The molecule has 0 saturated heterocycles. The van der Waals surface area contributed by atoms with Crippen LogP contribution in [-0.4, -0.2) is 26.9 Å². The molecule has 3 heteroatoms. The summed E-state index contributed by atoms with van der Waals surface area (Å²) in [6.45, 7) is 6.81. The lowest BCUT2D eigenvalue weighted by Crippen LogP contribution is -2.16. The molecule has 0 aromatic heterocycles. The van der Waals surface area contributed by atoms with E-state index in [4.69, 9.17) is 9.84 Å². The van der Waals surface area contributed by atoms with Gasteiger partial charge in [-0.05, 0) is 24.1 Å². The summed E-state index contributed by atoms with van der Waals surface area (Å²) in [4.78, 5) is 0. The van der Waals surface area contributed by atoms with Crippen LogP contribution in [0.15, 0.2) is 30.3 Å². The van der Waals surface area contributed by atoms with E-state index in [1.807, 2.05) is 30.3 Å². The summed E-state index contributed by atoms with van der Waals surface area (Å²) >= 11 is 0. The maximum atomic E-state index is 8.97. The first-order valence-electron chi connectivity index (χ1n) is 6.45. The van der Waals surface area contributed by atoms with E-state index in [1.54, 1.807) is 7.11 Å². The molecule has 102 valence electrons. The molecule has 0 unspecified atom stereocenters. The maximum Gasteiger partial charge on any atom is 0.129 e. The van der Waals surface area contributed by atoms with Crippen molar-refractivity contribution in [1.82, 2.24) is 0 Å². The second-order valence-corrected chi connectivity index (χ2v) is 10.1. The lowest BCUT2D eigenvalue weighted by atomic mass is 10.1. The molecule has 0 amide bonds. The molecule has 0 fully saturated rings. The highest BCUT2D eigenvalue weighted by Gasteiger charge is 2.08. The Labute approximate surface area is 117 Å². The number of hydrogen-bond donors (Lipinski definition) is 1. The van der Waals surface area contributed by atoms with Crippen molar-refractivity contribution in [2.24, 2.45) is 0 Å². The molecule has 19 heavy (non-hydrogen) atoms. The van der Waals surface area contributed by atoms with Crippen LogP contribution in [0, 0.1) is 11.5 Å². The van der Waals surface area contributed by atoms with E-state index in [1.165, 1.54) is 0 Å². The molecule has 1 aromatic carbocycles. The molecule has 0 atom stereocenters. The lowest BCUT2D eigenvalue weighted by Gasteiger charge is -2.06. The minimum Gasteiger partial charge on any atom is -0.497 e. The zero-order chi connectivity index (χ0) is 14.3. The number of aliphatic hydroxyl groups is 1. The average molecular weight is 274 g/mol. The summed E-state index contributed by atoms with van der Waals surface area (Å²) < 4.78 is 5.16. The van der Waals surface area contributed by atoms with Gasteiger partial charge in [-0.3, -0.25) is 0 Å². The Kier molecular flexibility index (Phi) is 5.87. The van der Waals surface area contributed by atoms with Crippen molar-refractivity contribution in [2.75, 3.05) is 13.7 Å². The Bertz CT molecular complexity index is 484. The van der Waals surface area contributed by atoms with E-state index < -0.39 is 8.07 Å². The zero-order valence-corrected chi connectivity index (χ0v) is 13.2. The molecular formula is C16H22O2Si. The third-order valence-corrected chi connectivity index (χ3v) is 3.33. The van der Waals surface area contributed by atoms with Crippen molar-refractivity contribution in [3.8, 4) is 17.2 Å². The van der Waals surface area contributed by atoms with Gasteiger partial charge in [-0.25, -0.2) is 0 Å². The number of allylic oxidation sites excluding steroid dienone is 1. The number of benzene rings is 1. The Hall–Kier alpha value is -1.50. The van der Waals surface area contributed by atoms with Crippen LogP contribution in [0.5, 0.6) is 5.75 Å². The average Bonchev–Trinajstić information content (AvgIpc) is 2.38. The molecule has 1 aromatic rings. The predicted molar refractivity (Wildman–Crippen MR) is 83.8 cm³/mol. The fourth-order valence-corrected chi connectivity index (χ4v) is 1.99. The Morgan fingerprint density at radius 2 is 1.89 bits per heavy atom. The third kappa shape index (κ3) is 5.78. The summed E-state index contributed by atoms with van der Waals surface area (Å²) in [5.41, 5.74) is 5.42. The molecule has 0 aliphatic rings. The number of ether oxygens (including phenoxy) is 1. The van der Waals surface area contributed by atoms with Crippen molar-refractivity contribution < 1.29 is 9.84 Å². The van der Waals surface area contributed by atoms with E-state index in [0.29, 0.717) is 6.42 Å². The topological polar surface area (TPSA) is 29.5 Å². The number of methoxy groups -OCH3 is 1. The molecule has 2 nitrogen and oxygen atoms in total. The van der Waals surface area contributed by atoms with Crippen molar-refractivity contribution in [2.45, 2.75) is 26.1 Å². The molecule has 1 N–H and O–H groups in total. The monoisotopic (exact) mass is 274 g/mol. The molecule has 0 spiro atoms. The fraction of sp³-hybridized carbons (Fsp3) is 0.375. The van der Waals surface area contributed by atoms with Crippen LogP contribution in [0.2, 0.25) is 19.6 Å². The highest BCUT2D eigenvalue weighted by atomic mass is 28.3. The van der Waals surface area contributed by atoms with Gasteiger partial charge in [0.15, 0.2) is 0 Å². The summed E-state index contributed by atoms with van der Waals surface area (Å²) in [7, 11) is 0.256. The molecule has 1 rings (SSSR count). The van der Waals surface area contributed by atoms with Gasteiger partial charge in [0.05, 0.1) is 7.11 Å². The lowest BCUT2D eigenvalue weighted by molar-refractivity contribution is 0.303. The normalized spacial score (nSPS) is 11.7. The third-order valence-electron chi connectivity index (χ3n) is 2.45. The van der Waals surface area contributed by atoms with Crippen molar-refractivity contribution in [3.05, 3.63) is 35.9 Å². The van der Waals surface area contributed by atoms with Gasteiger partial charge in [0.2, 0.25) is 0 Å². The Morgan fingerprint density at radius 1 is 1.26 bits per heavy atom. The summed E-state index contributed by atoms with van der Waals surface area (Å²) in [5, 5.41) is 8.97. The maximum absolute atomic E-state index is 8.97. The minimum atomic E-state index is -1.40. The van der Waals surface area contributed by atoms with Crippen LogP contribution in [0.3, 0.4) is 0 Å². The first-order chi connectivity index (χ1) is 8.96. The first kappa shape index (κ1) is 15.6. The van der Waals surface area contributed by atoms with E-state index >= 15 is 0 Å². The number of rotatable bonds is 4. The van der Waals surface area contributed by atoms with Gasteiger partial charge in [0.1, 0.15) is 13.8 Å². The van der Waals surface area contributed by atoms with E-state index in [-0.39, 0.29) is 6.61 Å². The quantitative estimate of drug-likeness (QED) is 0.674. The van der Waals surface area contributed by atoms with Crippen LogP contribution < -0.4 is 4.74 Å². The fourth-order valence-electron chi connectivity index (χ4n) is 1.48. The first-order valence-corrected chi connectivity index (χ1v) is 9.95. The highest BCUT2D eigenvalue weighted by Crippen LogP contribution is 2.19. The van der Waals surface area contributed by atoms with Crippen molar-refractivity contribution >= 4 is 13.6 Å². The minimum absolute atomic E-state index is 0.147. The summed E-state index contributed by atoms with van der Waals surface area (Å²) in [6, 6.07) is 7.86. The van der Waals surface area contributed by atoms with E-state index in [9.17, 15) is 0 Å². The Balaban J connectivity index is 3.05. The van der Waals surface area contributed by atoms with Gasteiger partial charge < -0.3 is 9.84 Å². The molecule has 0 radical (unpaired) electrons. The van der Waals surface area contributed by atoms with Crippen LogP contribution in [-0.2, 0) is 0 Å². The largest absolute Gasteiger partial charge is 0.497 e. The molecule has 0 saturated carbocycles. The smallest absolute Gasteiger partial charge is 0.129 e. The molecular weight excluding hydrogens is 252 g/mol. The van der Waals surface area contributed by atoms with Gasteiger partial charge in [-0.15, -0.1) is 5.54 Å². The number of hydrogen-bond acceptors (Lipinski definition) is 2. The van der Waals surface area contributed by atoms with Gasteiger partial charge in [0.25, 0.3) is 0 Å². The summed E-state index contributed by atoms with van der Waals surface area (Å²) in [6.07, 6.45) is 2.62. The second kappa shape index (κ2) is 7.18. The molecule has 0 aliphatic carbocycles.